The molecule has 1 aromatic heterocycles. The summed E-state index contributed by atoms with van der Waals surface area (Å²) in [4.78, 5) is 5.44. The number of hydrogen-bond donors (Lipinski definition) is 1. The molecule has 0 atom stereocenters. The molecular formula is C15H10N2S. The fraction of sp³-hybridized carbons (Fsp3) is 0. The predicted molar refractivity (Wildman–Crippen MR) is 73.6 cm³/mol. The molecule has 18 heavy (non-hydrogen) atoms. The fourth-order valence-corrected chi connectivity index (χ4v) is 2.79. The molecule has 0 saturated carbocycles. The van der Waals surface area contributed by atoms with Gasteiger partial charge < -0.3 is 4.98 Å². The van der Waals surface area contributed by atoms with E-state index in [1.54, 1.807) is 11.8 Å². The van der Waals surface area contributed by atoms with Gasteiger partial charge in [0.05, 0.1) is 11.6 Å². The summed E-state index contributed by atoms with van der Waals surface area (Å²) >= 11 is 1.67. The lowest BCUT2D eigenvalue weighted by molar-refractivity contribution is 1.38. The molecule has 0 aliphatic rings. The van der Waals surface area contributed by atoms with E-state index in [-0.39, 0.29) is 0 Å². The van der Waals surface area contributed by atoms with E-state index in [0.29, 0.717) is 5.56 Å². The molecule has 86 valence electrons. The highest BCUT2D eigenvalue weighted by Gasteiger charge is 2.01. The van der Waals surface area contributed by atoms with E-state index in [2.05, 4.69) is 35.3 Å². The largest absolute Gasteiger partial charge is 0.361 e. The molecule has 0 fully saturated rings. The number of aromatic nitrogens is 1. The van der Waals surface area contributed by atoms with E-state index in [4.69, 9.17) is 5.26 Å². The Morgan fingerprint density at radius 2 is 1.89 bits per heavy atom. The van der Waals surface area contributed by atoms with Gasteiger partial charge in [0.15, 0.2) is 0 Å². The van der Waals surface area contributed by atoms with E-state index in [0.717, 1.165) is 10.4 Å². The summed E-state index contributed by atoms with van der Waals surface area (Å²) < 4.78 is 0. The van der Waals surface area contributed by atoms with E-state index >= 15 is 0 Å². The Labute approximate surface area is 109 Å². The van der Waals surface area contributed by atoms with Gasteiger partial charge in [-0.1, -0.05) is 17.8 Å². The summed E-state index contributed by atoms with van der Waals surface area (Å²) in [6, 6.07) is 18.2. The number of aromatic amines is 1. The number of nitriles is 1. The van der Waals surface area contributed by atoms with Crippen molar-refractivity contribution in [1.29, 1.82) is 5.26 Å². The first-order chi connectivity index (χ1) is 8.85. The van der Waals surface area contributed by atoms with Gasteiger partial charge in [-0.3, -0.25) is 0 Å². The Bertz CT molecular complexity index is 737. The Morgan fingerprint density at radius 3 is 2.78 bits per heavy atom. The van der Waals surface area contributed by atoms with Gasteiger partial charge in [-0.2, -0.15) is 5.26 Å². The van der Waals surface area contributed by atoms with Crippen LogP contribution in [-0.4, -0.2) is 4.98 Å². The van der Waals surface area contributed by atoms with Crippen LogP contribution in [0.4, 0.5) is 0 Å². The maximum Gasteiger partial charge on any atom is 0.0992 e. The molecule has 0 aliphatic carbocycles. The quantitative estimate of drug-likeness (QED) is 0.740. The van der Waals surface area contributed by atoms with Crippen molar-refractivity contribution in [3.8, 4) is 6.07 Å². The van der Waals surface area contributed by atoms with Crippen LogP contribution in [0, 0.1) is 11.3 Å². The Hall–Kier alpha value is -2.18. The minimum absolute atomic E-state index is 0.697. The number of H-pyrrole nitrogens is 1. The fourth-order valence-electron chi connectivity index (χ4n) is 1.86. The van der Waals surface area contributed by atoms with E-state index in [1.807, 2.05) is 30.5 Å². The minimum Gasteiger partial charge on any atom is -0.361 e. The normalized spacial score (nSPS) is 10.4. The van der Waals surface area contributed by atoms with Crippen molar-refractivity contribution in [2.24, 2.45) is 0 Å². The van der Waals surface area contributed by atoms with Gasteiger partial charge in [-0.05, 0) is 42.5 Å². The highest BCUT2D eigenvalue weighted by atomic mass is 32.2. The second-order valence-electron chi connectivity index (χ2n) is 3.97. The third-order valence-electron chi connectivity index (χ3n) is 2.72. The second kappa shape index (κ2) is 4.59. The van der Waals surface area contributed by atoms with Crippen LogP contribution in [0.1, 0.15) is 5.56 Å². The van der Waals surface area contributed by atoms with Gasteiger partial charge in [0.25, 0.3) is 0 Å². The second-order valence-corrected chi connectivity index (χ2v) is 5.12. The predicted octanol–water partition coefficient (Wildman–Crippen LogP) is 4.19. The molecule has 2 nitrogen and oxygen atoms in total. The maximum absolute atomic E-state index is 8.88. The highest BCUT2D eigenvalue weighted by molar-refractivity contribution is 7.99. The molecular weight excluding hydrogens is 240 g/mol. The Morgan fingerprint density at radius 1 is 1.00 bits per heavy atom. The zero-order valence-corrected chi connectivity index (χ0v) is 10.4. The summed E-state index contributed by atoms with van der Waals surface area (Å²) in [7, 11) is 0. The maximum atomic E-state index is 8.88. The van der Waals surface area contributed by atoms with Gasteiger partial charge in [-0.15, -0.1) is 0 Å². The van der Waals surface area contributed by atoms with E-state index in [1.165, 1.54) is 10.3 Å². The van der Waals surface area contributed by atoms with Crippen molar-refractivity contribution >= 4 is 22.7 Å². The number of benzene rings is 2. The van der Waals surface area contributed by atoms with Gasteiger partial charge in [0, 0.05) is 26.9 Å². The molecule has 1 N–H and O–H groups in total. The van der Waals surface area contributed by atoms with Gasteiger partial charge in [0.1, 0.15) is 0 Å². The number of nitrogens with zero attached hydrogens (tertiary/aromatic N) is 1. The van der Waals surface area contributed by atoms with Crippen LogP contribution in [0.25, 0.3) is 10.9 Å². The summed E-state index contributed by atoms with van der Waals surface area (Å²) in [6.45, 7) is 0. The zero-order chi connectivity index (χ0) is 12.4. The van der Waals surface area contributed by atoms with Gasteiger partial charge in [0.2, 0.25) is 0 Å². The molecule has 0 saturated heterocycles. The van der Waals surface area contributed by atoms with Crippen LogP contribution in [0.2, 0.25) is 0 Å². The average molecular weight is 250 g/mol. The van der Waals surface area contributed by atoms with E-state index < -0.39 is 0 Å². The van der Waals surface area contributed by atoms with Crippen LogP contribution < -0.4 is 0 Å². The van der Waals surface area contributed by atoms with E-state index in [9.17, 15) is 0 Å². The Balaban J connectivity index is 1.93. The SMILES string of the molecule is N#Cc1cccc(Sc2ccc3[nH]ccc3c2)c1. The lowest BCUT2D eigenvalue weighted by atomic mass is 10.2. The molecule has 0 bridgehead atoms. The number of hydrogen-bond acceptors (Lipinski definition) is 2. The van der Waals surface area contributed by atoms with Crippen LogP contribution in [-0.2, 0) is 0 Å². The molecule has 0 spiro atoms. The molecule has 0 amide bonds. The minimum atomic E-state index is 0.697. The van der Waals surface area contributed by atoms with Crippen LogP contribution >= 0.6 is 11.8 Å². The molecule has 0 aliphatic heterocycles. The smallest absolute Gasteiger partial charge is 0.0992 e. The van der Waals surface area contributed by atoms with Gasteiger partial charge in [-0.25, -0.2) is 0 Å². The molecule has 3 aromatic rings. The number of rotatable bonds is 2. The van der Waals surface area contributed by atoms with Crippen molar-refractivity contribution < 1.29 is 0 Å². The average Bonchev–Trinajstić information content (AvgIpc) is 2.86. The van der Waals surface area contributed by atoms with Crippen LogP contribution in [0.15, 0.2) is 64.5 Å². The zero-order valence-electron chi connectivity index (χ0n) is 9.55. The first kappa shape index (κ1) is 10.9. The monoisotopic (exact) mass is 250 g/mol. The molecule has 1 heterocycles. The van der Waals surface area contributed by atoms with Crippen molar-refractivity contribution in [3.63, 3.8) is 0 Å². The summed E-state index contributed by atoms with van der Waals surface area (Å²) in [6.07, 6.45) is 1.94. The lowest BCUT2D eigenvalue weighted by Gasteiger charge is -2.02. The first-order valence-electron chi connectivity index (χ1n) is 5.60. The van der Waals surface area contributed by atoms with Crippen molar-refractivity contribution in [2.45, 2.75) is 9.79 Å². The summed E-state index contributed by atoms with van der Waals surface area (Å²) in [5, 5.41) is 10.1. The number of fused-ring (bicyclic) bond motifs is 1. The number of nitrogens with one attached hydrogen (secondary N) is 1. The van der Waals surface area contributed by atoms with Crippen molar-refractivity contribution in [1.82, 2.24) is 4.98 Å². The molecule has 3 heteroatoms. The third-order valence-corrected chi connectivity index (χ3v) is 3.70. The molecule has 3 rings (SSSR count). The topological polar surface area (TPSA) is 39.6 Å². The van der Waals surface area contributed by atoms with Gasteiger partial charge >= 0.3 is 0 Å². The van der Waals surface area contributed by atoms with Crippen LogP contribution in [0.5, 0.6) is 0 Å². The Kier molecular flexibility index (Phi) is 2.79. The van der Waals surface area contributed by atoms with Crippen LogP contribution in [0.3, 0.4) is 0 Å². The highest BCUT2D eigenvalue weighted by Crippen LogP contribution is 2.30. The standard InChI is InChI=1S/C15H10N2S/c16-10-11-2-1-3-13(8-11)18-14-4-5-15-12(9-14)6-7-17-15/h1-9,17H. The third kappa shape index (κ3) is 2.11. The first-order valence-corrected chi connectivity index (χ1v) is 6.42. The molecule has 2 aromatic carbocycles. The van der Waals surface area contributed by atoms with Crippen molar-refractivity contribution in [2.75, 3.05) is 0 Å². The lowest BCUT2D eigenvalue weighted by Crippen LogP contribution is -1.77. The van der Waals surface area contributed by atoms with Crippen molar-refractivity contribution in [3.05, 3.63) is 60.3 Å². The molecule has 0 unspecified atom stereocenters. The molecule has 0 radical (unpaired) electrons. The summed E-state index contributed by atoms with van der Waals surface area (Å²) in [5.41, 5.74) is 1.84. The summed E-state index contributed by atoms with van der Waals surface area (Å²) in [5.74, 6) is 0.